The lowest BCUT2D eigenvalue weighted by molar-refractivity contribution is 0.643. The first kappa shape index (κ1) is 7.35. The van der Waals surface area contributed by atoms with Crippen molar-refractivity contribution in [2.45, 2.75) is 19.9 Å². The second-order valence-corrected chi connectivity index (χ2v) is 3.11. The molecule has 0 bridgehead atoms. The average molecular weight is 160 g/mol. The maximum absolute atomic E-state index is 4.48. The smallest absolute Gasteiger partial charge is 0.132 e. The molecular formula is C10H12N2. The van der Waals surface area contributed by atoms with Crippen LogP contribution in [0.4, 0.5) is 0 Å². The molecule has 0 N–H and O–H groups in total. The molecule has 0 saturated carbocycles. The van der Waals surface area contributed by atoms with Crippen LogP contribution in [0.25, 0.3) is 0 Å². The van der Waals surface area contributed by atoms with Crippen molar-refractivity contribution >= 4 is 5.84 Å². The van der Waals surface area contributed by atoms with E-state index in [9.17, 15) is 0 Å². The number of hydrogen-bond donors (Lipinski definition) is 0. The molecule has 0 amide bonds. The third kappa shape index (κ3) is 1.09. The first-order valence-corrected chi connectivity index (χ1v) is 4.18. The van der Waals surface area contributed by atoms with Crippen LogP contribution in [0.1, 0.15) is 13.8 Å². The van der Waals surface area contributed by atoms with E-state index in [1.165, 1.54) is 5.70 Å². The second-order valence-electron chi connectivity index (χ2n) is 3.11. The predicted molar refractivity (Wildman–Crippen MR) is 50.8 cm³/mol. The number of nitrogens with zero attached hydrogens (tertiary/aromatic N) is 2. The Morgan fingerprint density at radius 3 is 3.08 bits per heavy atom. The number of amidine groups is 1. The van der Waals surface area contributed by atoms with Gasteiger partial charge in [-0.25, -0.2) is 0 Å². The Morgan fingerprint density at radius 1 is 1.42 bits per heavy atom. The lowest BCUT2D eigenvalue weighted by atomic mass is 10.2. The number of rotatable bonds is 0. The van der Waals surface area contributed by atoms with Gasteiger partial charge in [0.2, 0.25) is 0 Å². The SMILES string of the molecule is CC1=CC(C)N=C2C=CC=CN12. The fourth-order valence-corrected chi connectivity index (χ4v) is 1.51. The largest absolute Gasteiger partial charge is 0.306 e. The summed E-state index contributed by atoms with van der Waals surface area (Å²) in [6, 6.07) is 0.312. The Labute approximate surface area is 72.6 Å². The first-order valence-electron chi connectivity index (χ1n) is 4.18. The molecule has 62 valence electrons. The van der Waals surface area contributed by atoms with Crippen LogP contribution in [0.15, 0.2) is 41.2 Å². The van der Waals surface area contributed by atoms with Gasteiger partial charge in [0.15, 0.2) is 0 Å². The predicted octanol–water partition coefficient (Wildman–Crippen LogP) is 2.08. The van der Waals surface area contributed by atoms with Crippen LogP contribution in [0, 0.1) is 0 Å². The van der Waals surface area contributed by atoms with E-state index >= 15 is 0 Å². The molecule has 1 unspecified atom stereocenters. The first-order chi connectivity index (χ1) is 5.77. The summed E-state index contributed by atoms with van der Waals surface area (Å²) in [5.41, 5.74) is 1.26. The molecule has 0 fully saturated rings. The molecule has 2 rings (SSSR count). The standard InChI is InChI=1S/C10H12N2/c1-8-7-9(2)12-6-4-3-5-10(12)11-8/h3-8H,1-2H3. The van der Waals surface area contributed by atoms with Crippen LogP contribution in [0.3, 0.4) is 0 Å². The van der Waals surface area contributed by atoms with Crippen molar-refractivity contribution in [2.24, 2.45) is 4.99 Å². The second kappa shape index (κ2) is 2.63. The van der Waals surface area contributed by atoms with Crippen molar-refractivity contribution < 1.29 is 0 Å². The van der Waals surface area contributed by atoms with E-state index in [1.54, 1.807) is 0 Å². The summed E-state index contributed by atoms with van der Waals surface area (Å²) in [6.45, 7) is 4.20. The summed E-state index contributed by atoms with van der Waals surface area (Å²) in [4.78, 5) is 6.58. The van der Waals surface area contributed by atoms with Gasteiger partial charge in [-0.05, 0) is 32.1 Å². The molecule has 0 aromatic heterocycles. The fourth-order valence-electron chi connectivity index (χ4n) is 1.51. The lowest BCUT2D eigenvalue weighted by Crippen LogP contribution is -2.28. The molecule has 0 saturated heterocycles. The molecule has 2 nitrogen and oxygen atoms in total. The van der Waals surface area contributed by atoms with Crippen molar-refractivity contribution in [1.29, 1.82) is 0 Å². The molecule has 0 spiro atoms. The van der Waals surface area contributed by atoms with Gasteiger partial charge in [0.25, 0.3) is 0 Å². The summed E-state index contributed by atoms with van der Waals surface area (Å²) in [5.74, 6) is 1.05. The van der Waals surface area contributed by atoms with Gasteiger partial charge >= 0.3 is 0 Å². The number of allylic oxidation sites excluding steroid dienone is 3. The third-order valence-electron chi connectivity index (χ3n) is 2.04. The van der Waals surface area contributed by atoms with E-state index < -0.39 is 0 Å². The Hall–Kier alpha value is -1.31. The molecule has 2 aliphatic rings. The zero-order valence-corrected chi connectivity index (χ0v) is 7.36. The third-order valence-corrected chi connectivity index (χ3v) is 2.04. The van der Waals surface area contributed by atoms with Gasteiger partial charge in [0.1, 0.15) is 5.84 Å². The van der Waals surface area contributed by atoms with Gasteiger partial charge in [-0.3, -0.25) is 4.99 Å². The van der Waals surface area contributed by atoms with Crippen LogP contribution < -0.4 is 0 Å². The van der Waals surface area contributed by atoms with Crippen LogP contribution in [0.5, 0.6) is 0 Å². The maximum atomic E-state index is 4.48. The highest BCUT2D eigenvalue weighted by Crippen LogP contribution is 2.17. The van der Waals surface area contributed by atoms with Gasteiger partial charge in [-0.1, -0.05) is 6.08 Å². The summed E-state index contributed by atoms with van der Waals surface area (Å²) >= 11 is 0. The highest BCUT2D eigenvalue weighted by molar-refractivity contribution is 5.96. The van der Waals surface area contributed by atoms with E-state index in [-0.39, 0.29) is 0 Å². The van der Waals surface area contributed by atoms with E-state index in [0.717, 1.165) is 5.84 Å². The Bertz CT molecular complexity index is 308. The van der Waals surface area contributed by atoms with E-state index in [4.69, 9.17) is 0 Å². The summed E-state index contributed by atoms with van der Waals surface area (Å²) in [7, 11) is 0. The summed E-state index contributed by atoms with van der Waals surface area (Å²) < 4.78 is 0. The van der Waals surface area contributed by atoms with Crippen molar-refractivity contribution in [3.05, 3.63) is 36.2 Å². The Kier molecular flexibility index (Phi) is 1.61. The number of hydrogen-bond acceptors (Lipinski definition) is 2. The molecule has 2 aliphatic heterocycles. The Morgan fingerprint density at radius 2 is 2.25 bits per heavy atom. The lowest BCUT2D eigenvalue weighted by Gasteiger charge is -2.27. The molecule has 2 heterocycles. The summed E-state index contributed by atoms with van der Waals surface area (Å²) in [5, 5.41) is 0. The van der Waals surface area contributed by atoms with Crippen LogP contribution in [-0.2, 0) is 0 Å². The van der Waals surface area contributed by atoms with Crippen molar-refractivity contribution in [2.75, 3.05) is 0 Å². The van der Waals surface area contributed by atoms with Crippen molar-refractivity contribution in [1.82, 2.24) is 4.90 Å². The van der Waals surface area contributed by atoms with Gasteiger partial charge < -0.3 is 4.90 Å². The highest BCUT2D eigenvalue weighted by Gasteiger charge is 2.15. The van der Waals surface area contributed by atoms with Crippen molar-refractivity contribution in [3.63, 3.8) is 0 Å². The highest BCUT2D eigenvalue weighted by atomic mass is 15.2. The quantitative estimate of drug-likeness (QED) is 0.529. The zero-order chi connectivity index (χ0) is 8.55. The van der Waals surface area contributed by atoms with Gasteiger partial charge in [-0.15, -0.1) is 0 Å². The monoisotopic (exact) mass is 160 g/mol. The zero-order valence-electron chi connectivity index (χ0n) is 7.36. The fraction of sp³-hybridized carbons (Fsp3) is 0.300. The minimum absolute atomic E-state index is 0.312. The molecule has 0 aromatic carbocycles. The average Bonchev–Trinajstić information content (AvgIpc) is 2.04. The van der Waals surface area contributed by atoms with E-state index in [2.05, 4.69) is 29.8 Å². The number of aliphatic imine (C=N–C) groups is 1. The van der Waals surface area contributed by atoms with E-state index in [1.807, 2.05) is 24.4 Å². The molecule has 0 aliphatic carbocycles. The van der Waals surface area contributed by atoms with Crippen molar-refractivity contribution in [3.8, 4) is 0 Å². The minimum Gasteiger partial charge on any atom is -0.306 e. The van der Waals surface area contributed by atoms with E-state index in [0.29, 0.717) is 6.04 Å². The molecule has 1 atom stereocenters. The topological polar surface area (TPSA) is 15.6 Å². The Balaban J connectivity index is 2.37. The van der Waals surface area contributed by atoms with Gasteiger partial charge in [-0.2, -0.15) is 0 Å². The van der Waals surface area contributed by atoms with Crippen LogP contribution in [-0.4, -0.2) is 16.8 Å². The van der Waals surface area contributed by atoms with Crippen LogP contribution in [0.2, 0.25) is 0 Å². The van der Waals surface area contributed by atoms with Gasteiger partial charge in [0, 0.05) is 11.9 Å². The molecular weight excluding hydrogens is 148 g/mol. The molecule has 12 heavy (non-hydrogen) atoms. The minimum atomic E-state index is 0.312. The normalized spacial score (nSPS) is 26.5. The summed E-state index contributed by atoms with van der Waals surface area (Å²) in [6.07, 6.45) is 10.3. The molecule has 0 radical (unpaired) electrons. The van der Waals surface area contributed by atoms with Gasteiger partial charge in [0.05, 0.1) is 6.04 Å². The van der Waals surface area contributed by atoms with Crippen LogP contribution >= 0.6 is 0 Å². The number of fused-ring (bicyclic) bond motifs is 1. The molecule has 2 heteroatoms. The molecule has 0 aromatic rings. The maximum Gasteiger partial charge on any atom is 0.132 e.